The minimum absolute atomic E-state index is 0.0400. The van der Waals surface area contributed by atoms with Gasteiger partial charge in [0.2, 0.25) is 5.91 Å². The predicted molar refractivity (Wildman–Crippen MR) is 87.2 cm³/mol. The number of para-hydroxylation sites is 1. The second-order valence-electron chi connectivity index (χ2n) is 5.94. The molecule has 0 aliphatic heterocycles. The van der Waals surface area contributed by atoms with Crippen molar-refractivity contribution in [1.29, 1.82) is 0 Å². The van der Waals surface area contributed by atoms with Gasteiger partial charge < -0.3 is 10.1 Å². The molecule has 3 rings (SSSR count). The summed E-state index contributed by atoms with van der Waals surface area (Å²) in [5, 5.41) is 3.54. The summed E-state index contributed by atoms with van der Waals surface area (Å²) in [6, 6.07) is 6.94. The minimum atomic E-state index is -0.322. The van der Waals surface area contributed by atoms with Gasteiger partial charge in [-0.15, -0.1) is 0 Å². The van der Waals surface area contributed by atoms with Crippen molar-refractivity contribution in [3.8, 4) is 0 Å². The van der Waals surface area contributed by atoms with Crippen molar-refractivity contribution < 1.29 is 9.53 Å². The van der Waals surface area contributed by atoms with Crippen LogP contribution in [0.5, 0.6) is 0 Å². The maximum absolute atomic E-state index is 12.7. The average molecular weight is 315 g/mol. The molecule has 1 aliphatic rings. The molecule has 23 heavy (non-hydrogen) atoms. The van der Waals surface area contributed by atoms with Crippen LogP contribution in [-0.4, -0.2) is 29.2 Å². The second kappa shape index (κ2) is 6.50. The third-order valence-corrected chi connectivity index (χ3v) is 4.10. The van der Waals surface area contributed by atoms with Crippen molar-refractivity contribution in [2.24, 2.45) is 5.92 Å². The number of fused-ring (bicyclic) bond motifs is 1. The summed E-state index contributed by atoms with van der Waals surface area (Å²) in [5.74, 6) is 0.731. The molecule has 1 aliphatic carbocycles. The van der Waals surface area contributed by atoms with Crippen molar-refractivity contribution in [3.05, 3.63) is 40.4 Å². The largest absolute Gasteiger partial charge is 0.383 e. The third-order valence-electron chi connectivity index (χ3n) is 4.10. The smallest absolute Gasteiger partial charge is 0.261 e. The molecule has 6 heteroatoms. The molecule has 1 fully saturated rings. The van der Waals surface area contributed by atoms with E-state index in [4.69, 9.17) is 4.74 Å². The number of rotatable bonds is 6. The zero-order valence-electron chi connectivity index (χ0n) is 13.4. The number of benzene rings is 1. The first-order chi connectivity index (χ1) is 11.1. The molecule has 6 nitrogen and oxygen atoms in total. The lowest BCUT2D eigenvalue weighted by Crippen LogP contribution is -2.35. The van der Waals surface area contributed by atoms with Crippen LogP contribution >= 0.6 is 0 Å². The molecule has 1 N–H and O–H groups in total. The number of ether oxygens (including phenoxy) is 1. The first-order valence-corrected chi connectivity index (χ1v) is 7.90. The number of hydrogen-bond acceptors (Lipinski definition) is 4. The van der Waals surface area contributed by atoms with Crippen molar-refractivity contribution in [2.75, 3.05) is 13.7 Å². The quantitative estimate of drug-likeness (QED) is 0.879. The van der Waals surface area contributed by atoms with Crippen LogP contribution in [0.4, 0.5) is 0 Å². The van der Waals surface area contributed by atoms with Crippen LogP contribution in [0.15, 0.2) is 29.1 Å². The first kappa shape index (κ1) is 15.7. The Bertz CT molecular complexity index is 780. The molecule has 1 saturated carbocycles. The number of carbonyl (C=O) groups excluding carboxylic acids is 1. The number of carbonyl (C=O) groups is 1. The summed E-state index contributed by atoms with van der Waals surface area (Å²) in [4.78, 5) is 29.4. The Kier molecular flexibility index (Phi) is 4.43. The van der Waals surface area contributed by atoms with Gasteiger partial charge in [-0.1, -0.05) is 12.1 Å². The van der Waals surface area contributed by atoms with Crippen LogP contribution < -0.4 is 10.9 Å². The Morgan fingerprint density at radius 2 is 2.17 bits per heavy atom. The summed E-state index contributed by atoms with van der Waals surface area (Å²) in [7, 11) is 1.59. The van der Waals surface area contributed by atoms with E-state index >= 15 is 0 Å². The monoisotopic (exact) mass is 315 g/mol. The topological polar surface area (TPSA) is 73.2 Å². The van der Waals surface area contributed by atoms with Gasteiger partial charge in [0.25, 0.3) is 5.56 Å². The maximum atomic E-state index is 12.7. The molecule has 1 aromatic carbocycles. The van der Waals surface area contributed by atoms with Gasteiger partial charge in [0.1, 0.15) is 5.82 Å². The molecule has 0 bridgehead atoms. The highest BCUT2D eigenvalue weighted by Gasteiger charge is 2.31. The third kappa shape index (κ3) is 3.27. The van der Waals surface area contributed by atoms with Crippen molar-refractivity contribution in [2.45, 2.75) is 32.4 Å². The van der Waals surface area contributed by atoms with Crippen molar-refractivity contribution >= 4 is 16.8 Å². The zero-order chi connectivity index (χ0) is 16.4. The van der Waals surface area contributed by atoms with Gasteiger partial charge in [-0.25, -0.2) is 4.98 Å². The van der Waals surface area contributed by atoms with E-state index in [9.17, 15) is 9.59 Å². The lowest BCUT2D eigenvalue weighted by Gasteiger charge is -2.19. The Balaban J connectivity index is 2.01. The molecule has 1 aromatic heterocycles. The van der Waals surface area contributed by atoms with Gasteiger partial charge in [0, 0.05) is 13.0 Å². The average Bonchev–Trinajstić information content (AvgIpc) is 3.38. The van der Waals surface area contributed by atoms with E-state index in [2.05, 4.69) is 10.3 Å². The second-order valence-corrected chi connectivity index (χ2v) is 5.94. The van der Waals surface area contributed by atoms with Crippen LogP contribution in [0.2, 0.25) is 0 Å². The molecule has 1 atom stereocenters. The lowest BCUT2D eigenvalue weighted by atomic mass is 10.2. The Morgan fingerprint density at radius 3 is 2.87 bits per heavy atom. The number of nitrogens with zero attached hydrogens (tertiary/aromatic N) is 2. The van der Waals surface area contributed by atoms with Gasteiger partial charge in [-0.2, -0.15) is 0 Å². The Hall–Kier alpha value is -2.21. The van der Waals surface area contributed by atoms with Crippen molar-refractivity contribution in [3.63, 3.8) is 0 Å². The predicted octanol–water partition coefficient (Wildman–Crippen LogP) is 1.63. The number of hydrogen-bond donors (Lipinski definition) is 1. The summed E-state index contributed by atoms with van der Waals surface area (Å²) < 4.78 is 6.70. The minimum Gasteiger partial charge on any atom is -0.383 e. The molecule has 1 amide bonds. The summed E-state index contributed by atoms with van der Waals surface area (Å²) >= 11 is 0. The molecule has 1 unspecified atom stereocenters. The van der Waals surface area contributed by atoms with E-state index in [-0.39, 0.29) is 23.4 Å². The van der Waals surface area contributed by atoms with Crippen LogP contribution in [0.3, 0.4) is 0 Å². The molecule has 122 valence electrons. The lowest BCUT2D eigenvalue weighted by molar-refractivity contribution is -0.123. The fourth-order valence-electron chi connectivity index (χ4n) is 2.66. The summed E-state index contributed by atoms with van der Waals surface area (Å²) in [5.41, 5.74) is 0.545. The van der Waals surface area contributed by atoms with Crippen molar-refractivity contribution in [1.82, 2.24) is 14.9 Å². The molecule has 2 aromatic rings. The number of aromatic nitrogens is 2. The van der Waals surface area contributed by atoms with Crippen LogP contribution in [0, 0.1) is 5.92 Å². The molecule has 1 heterocycles. The highest BCUT2D eigenvalue weighted by atomic mass is 16.5. The van der Waals surface area contributed by atoms with Gasteiger partial charge >= 0.3 is 0 Å². The zero-order valence-corrected chi connectivity index (χ0v) is 13.4. The number of amides is 1. The molecule has 0 saturated heterocycles. The van der Waals surface area contributed by atoms with Crippen LogP contribution in [-0.2, 0) is 16.1 Å². The van der Waals surface area contributed by atoms with Crippen LogP contribution in [0.25, 0.3) is 10.9 Å². The van der Waals surface area contributed by atoms with Gasteiger partial charge in [-0.3, -0.25) is 14.2 Å². The Labute approximate surface area is 134 Å². The van der Waals surface area contributed by atoms with Crippen LogP contribution in [0.1, 0.15) is 31.6 Å². The number of methoxy groups -OCH3 is 1. The van der Waals surface area contributed by atoms with Gasteiger partial charge in [0.15, 0.2) is 0 Å². The standard InChI is InChI=1S/C17H21N3O3/c1-11(18-16(21)12-7-8-12)15-19-14-6-4-3-5-13(14)17(22)20(15)9-10-23-2/h3-6,11-12H,7-10H2,1-2H3,(H,18,21). The maximum Gasteiger partial charge on any atom is 0.261 e. The first-order valence-electron chi connectivity index (χ1n) is 7.90. The fraction of sp³-hybridized carbons (Fsp3) is 0.471. The fourth-order valence-corrected chi connectivity index (χ4v) is 2.66. The molecule has 0 spiro atoms. The van der Waals surface area contributed by atoms with E-state index in [1.54, 1.807) is 17.7 Å². The summed E-state index contributed by atoms with van der Waals surface area (Å²) in [6.07, 6.45) is 1.89. The summed E-state index contributed by atoms with van der Waals surface area (Å²) in [6.45, 7) is 2.68. The SMILES string of the molecule is COCCn1c(C(C)NC(=O)C2CC2)nc2ccccc2c1=O. The van der Waals surface area contributed by atoms with E-state index in [0.717, 1.165) is 12.8 Å². The van der Waals surface area contributed by atoms with Gasteiger partial charge in [0.05, 0.1) is 30.1 Å². The van der Waals surface area contributed by atoms with E-state index in [1.165, 1.54) is 0 Å². The highest BCUT2D eigenvalue weighted by molar-refractivity contribution is 5.81. The highest BCUT2D eigenvalue weighted by Crippen LogP contribution is 2.29. The van der Waals surface area contributed by atoms with E-state index in [1.807, 2.05) is 25.1 Å². The van der Waals surface area contributed by atoms with E-state index < -0.39 is 0 Å². The molecule has 0 radical (unpaired) electrons. The molecular formula is C17H21N3O3. The Morgan fingerprint density at radius 1 is 1.43 bits per heavy atom. The van der Waals surface area contributed by atoms with Gasteiger partial charge in [-0.05, 0) is 31.9 Å². The molecular weight excluding hydrogens is 294 g/mol. The normalized spacial score (nSPS) is 15.6. The van der Waals surface area contributed by atoms with E-state index in [0.29, 0.717) is 29.9 Å². The number of nitrogens with one attached hydrogen (secondary N) is 1.